The summed E-state index contributed by atoms with van der Waals surface area (Å²) in [6, 6.07) is 5.44. The molecule has 7 nitrogen and oxygen atoms in total. The molecule has 0 radical (unpaired) electrons. The van der Waals surface area contributed by atoms with Crippen LogP contribution in [0, 0.1) is 17.7 Å². The maximum atomic E-state index is 14.7. The van der Waals surface area contributed by atoms with Gasteiger partial charge in [-0.1, -0.05) is 0 Å². The second-order valence-electron chi connectivity index (χ2n) is 9.88. The molecule has 1 aliphatic carbocycles. The van der Waals surface area contributed by atoms with Gasteiger partial charge in [0.15, 0.2) is 0 Å². The van der Waals surface area contributed by atoms with Crippen molar-refractivity contribution in [3.63, 3.8) is 0 Å². The summed E-state index contributed by atoms with van der Waals surface area (Å²) < 4.78 is 16.4. The molecule has 1 saturated carbocycles. The Morgan fingerprint density at radius 2 is 1.79 bits per heavy atom. The van der Waals surface area contributed by atoms with Crippen LogP contribution in [0.1, 0.15) is 25.7 Å². The van der Waals surface area contributed by atoms with Gasteiger partial charge in [0.05, 0.1) is 6.20 Å². The maximum Gasteiger partial charge on any atom is 0.225 e. The predicted molar refractivity (Wildman–Crippen MR) is 132 cm³/mol. The molecule has 1 amide bonds. The van der Waals surface area contributed by atoms with Crippen LogP contribution in [0.2, 0.25) is 0 Å². The molecule has 2 aliphatic rings. The normalized spacial score (nSPS) is 21.7. The first-order chi connectivity index (χ1) is 16.5. The summed E-state index contributed by atoms with van der Waals surface area (Å²) >= 11 is 0. The van der Waals surface area contributed by atoms with Crippen LogP contribution < -0.4 is 5.32 Å². The molecular weight excluding hydrogens is 431 g/mol. The molecule has 2 aromatic heterocycles. The van der Waals surface area contributed by atoms with Crippen LogP contribution in [0.3, 0.4) is 0 Å². The Morgan fingerprint density at radius 3 is 2.50 bits per heavy atom. The predicted octanol–water partition coefficient (Wildman–Crippen LogP) is 3.77. The number of amides is 1. The SMILES string of the molecule is CN1CCN(C(=O)C2CCC(CNc3cc4cc(-c5cnn(C)c5)cc(F)c4cn3)CC2)CC1. The van der Waals surface area contributed by atoms with E-state index in [9.17, 15) is 9.18 Å². The molecule has 8 heteroatoms. The Kier molecular flexibility index (Phi) is 6.50. The van der Waals surface area contributed by atoms with E-state index in [1.165, 1.54) is 6.07 Å². The van der Waals surface area contributed by atoms with Crippen molar-refractivity contribution in [2.24, 2.45) is 18.9 Å². The maximum absolute atomic E-state index is 14.7. The molecule has 3 heterocycles. The number of rotatable bonds is 5. The van der Waals surface area contributed by atoms with Crippen molar-refractivity contribution < 1.29 is 9.18 Å². The first-order valence-electron chi connectivity index (χ1n) is 12.3. The molecule has 0 atom stereocenters. The number of fused-ring (bicyclic) bond motifs is 1. The molecule has 2 fully saturated rings. The Morgan fingerprint density at radius 1 is 1.03 bits per heavy atom. The first kappa shape index (κ1) is 22.8. The van der Waals surface area contributed by atoms with Gasteiger partial charge in [-0.3, -0.25) is 9.48 Å². The van der Waals surface area contributed by atoms with E-state index in [0.29, 0.717) is 17.2 Å². The van der Waals surface area contributed by atoms with Crippen LogP contribution in [0.15, 0.2) is 36.8 Å². The highest BCUT2D eigenvalue weighted by molar-refractivity contribution is 5.89. The Hall–Kier alpha value is -3.00. The Labute approximate surface area is 199 Å². The number of nitrogens with zero attached hydrogens (tertiary/aromatic N) is 5. The van der Waals surface area contributed by atoms with E-state index < -0.39 is 0 Å². The zero-order chi connectivity index (χ0) is 23.7. The van der Waals surface area contributed by atoms with Crippen molar-refractivity contribution in [2.45, 2.75) is 25.7 Å². The molecule has 34 heavy (non-hydrogen) atoms. The van der Waals surface area contributed by atoms with Gasteiger partial charge in [0.25, 0.3) is 0 Å². The van der Waals surface area contributed by atoms with Crippen LogP contribution in [0.4, 0.5) is 10.2 Å². The molecule has 180 valence electrons. The number of hydrogen-bond donors (Lipinski definition) is 1. The van der Waals surface area contributed by atoms with Crippen LogP contribution in [-0.4, -0.2) is 70.2 Å². The molecule has 3 aromatic rings. The molecule has 1 aromatic carbocycles. The zero-order valence-electron chi connectivity index (χ0n) is 20.0. The summed E-state index contributed by atoms with van der Waals surface area (Å²) in [6.07, 6.45) is 9.24. The summed E-state index contributed by atoms with van der Waals surface area (Å²) in [5, 5.41) is 8.97. The number of hydrogen-bond acceptors (Lipinski definition) is 5. The van der Waals surface area contributed by atoms with Crippen LogP contribution in [0.25, 0.3) is 21.9 Å². The number of halogens is 1. The minimum atomic E-state index is -0.279. The van der Waals surface area contributed by atoms with Gasteiger partial charge in [-0.2, -0.15) is 5.10 Å². The topological polar surface area (TPSA) is 66.3 Å². The summed E-state index contributed by atoms with van der Waals surface area (Å²) in [6.45, 7) is 4.47. The number of carbonyl (C=O) groups is 1. The average Bonchev–Trinajstić information content (AvgIpc) is 3.29. The largest absolute Gasteiger partial charge is 0.370 e. The van der Waals surface area contributed by atoms with Crippen molar-refractivity contribution in [1.82, 2.24) is 24.6 Å². The van der Waals surface area contributed by atoms with Crippen molar-refractivity contribution in [3.8, 4) is 11.1 Å². The third-order valence-electron chi connectivity index (χ3n) is 7.41. The van der Waals surface area contributed by atoms with E-state index in [1.807, 2.05) is 25.4 Å². The van der Waals surface area contributed by atoms with Gasteiger partial charge < -0.3 is 15.1 Å². The molecule has 0 spiro atoms. The van der Waals surface area contributed by atoms with E-state index in [-0.39, 0.29) is 11.7 Å². The van der Waals surface area contributed by atoms with E-state index in [4.69, 9.17) is 0 Å². The van der Waals surface area contributed by atoms with Gasteiger partial charge in [0.2, 0.25) is 5.91 Å². The summed E-state index contributed by atoms with van der Waals surface area (Å²) in [7, 11) is 3.96. The lowest BCUT2D eigenvalue weighted by molar-refractivity contribution is -0.138. The number of aryl methyl sites for hydroxylation is 1. The lowest BCUT2D eigenvalue weighted by Gasteiger charge is -2.36. The third kappa shape index (κ3) is 4.92. The number of aromatic nitrogens is 3. The molecular formula is C26H33FN6O. The molecule has 1 N–H and O–H groups in total. The summed E-state index contributed by atoms with van der Waals surface area (Å²) in [4.78, 5) is 21.6. The van der Waals surface area contributed by atoms with Crippen molar-refractivity contribution in [2.75, 3.05) is 45.1 Å². The fraction of sp³-hybridized carbons (Fsp3) is 0.500. The molecule has 1 saturated heterocycles. The van der Waals surface area contributed by atoms with Gasteiger partial charge in [-0.05, 0) is 67.8 Å². The average molecular weight is 465 g/mol. The zero-order valence-corrected chi connectivity index (χ0v) is 20.0. The minimum absolute atomic E-state index is 0.173. The highest BCUT2D eigenvalue weighted by Gasteiger charge is 2.30. The fourth-order valence-corrected chi connectivity index (χ4v) is 5.19. The fourth-order valence-electron chi connectivity index (χ4n) is 5.19. The Bertz CT molecular complexity index is 1160. The number of pyridine rings is 1. The number of anilines is 1. The van der Waals surface area contributed by atoms with Gasteiger partial charge in [0, 0.05) is 69.0 Å². The van der Waals surface area contributed by atoms with E-state index >= 15 is 0 Å². The van der Waals surface area contributed by atoms with Gasteiger partial charge in [0.1, 0.15) is 11.6 Å². The van der Waals surface area contributed by atoms with Crippen LogP contribution in [-0.2, 0) is 11.8 Å². The monoisotopic (exact) mass is 464 g/mol. The molecule has 1 aliphatic heterocycles. The number of piperazine rings is 1. The number of nitrogens with one attached hydrogen (secondary N) is 1. The van der Waals surface area contributed by atoms with Gasteiger partial charge >= 0.3 is 0 Å². The number of likely N-dealkylation sites (N-methyl/N-ethyl adjacent to an activating group) is 1. The highest BCUT2D eigenvalue weighted by Crippen LogP contribution is 2.31. The second kappa shape index (κ2) is 9.70. The Balaban J connectivity index is 1.18. The first-order valence-corrected chi connectivity index (χ1v) is 12.3. The van der Waals surface area contributed by atoms with Gasteiger partial charge in [-0.15, -0.1) is 0 Å². The third-order valence-corrected chi connectivity index (χ3v) is 7.41. The van der Waals surface area contributed by atoms with Crippen LogP contribution in [0.5, 0.6) is 0 Å². The second-order valence-corrected chi connectivity index (χ2v) is 9.88. The van der Waals surface area contributed by atoms with Crippen molar-refractivity contribution in [3.05, 3.63) is 42.6 Å². The minimum Gasteiger partial charge on any atom is -0.370 e. The quantitative estimate of drug-likeness (QED) is 0.623. The van der Waals surface area contributed by atoms with Crippen LogP contribution >= 0.6 is 0 Å². The molecule has 0 unspecified atom stereocenters. The van der Waals surface area contributed by atoms with Crippen molar-refractivity contribution in [1.29, 1.82) is 0 Å². The summed E-state index contributed by atoms with van der Waals surface area (Å²) in [5.74, 6) is 1.52. The summed E-state index contributed by atoms with van der Waals surface area (Å²) in [5.41, 5.74) is 1.69. The van der Waals surface area contributed by atoms with Gasteiger partial charge in [-0.25, -0.2) is 9.37 Å². The smallest absolute Gasteiger partial charge is 0.225 e. The van der Waals surface area contributed by atoms with E-state index in [2.05, 4.69) is 32.2 Å². The van der Waals surface area contributed by atoms with Crippen molar-refractivity contribution >= 4 is 22.5 Å². The van der Waals surface area contributed by atoms with E-state index in [1.54, 1.807) is 17.1 Å². The van der Waals surface area contributed by atoms with E-state index in [0.717, 1.165) is 80.7 Å². The standard InChI is InChI=1S/C26H33FN6O/c1-31-7-9-33(10-8-31)26(34)19-5-3-18(4-6-19)14-28-25-13-21-11-20(22-15-30-32(2)17-22)12-24(27)23(21)16-29-25/h11-13,15-19H,3-10,14H2,1-2H3,(H,28,29). The number of carbonyl (C=O) groups excluding carboxylic acids is 1. The lowest BCUT2D eigenvalue weighted by Crippen LogP contribution is -2.49. The lowest BCUT2D eigenvalue weighted by atomic mass is 9.81. The number of benzene rings is 1. The molecule has 5 rings (SSSR count). The highest BCUT2D eigenvalue weighted by atomic mass is 19.1. The molecule has 0 bridgehead atoms.